The number of nitrogens with zero attached hydrogens (tertiary/aromatic N) is 2. The van der Waals surface area contributed by atoms with Gasteiger partial charge in [-0.3, -0.25) is 4.79 Å². The van der Waals surface area contributed by atoms with Gasteiger partial charge in [-0.15, -0.1) is 0 Å². The van der Waals surface area contributed by atoms with Crippen LogP contribution < -0.4 is 5.73 Å². The van der Waals surface area contributed by atoms with Crippen molar-refractivity contribution in [1.82, 2.24) is 4.98 Å². The van der Waals surface area contributed by atoms with Gasteiger partial charge in [0.2, 0.25) is 0 Å². The minimum atomic E-state index is -1.15. The third-order valence-corrected chi connectivity index (χ3v) is 2.05. The molecule has 0 aliphatic rings. The Morgan fingerprint density at radius 2 is 2.38 bits per heavy atom. The van der Waals surface area contributed by atoms with E-state index in [1.165, 1.54) is 0 Å². The molecule has 13 heavy (non-hydrogen) atoms. The van der Waals surface area contributed by atoms with E-state index in [4.69, 9.17) is 10.8 Å². The van der Waals surface area contributed by atoms with E-state index in [-0.39, 0.29) is 10.0 Å². The third-order valence-electron chi connectivity index (χ3n) is 1.18. The van der Waals surface area contributed by atoms with Gasteiger partial charge in [0.1, 0.15) is 4.88 Å². The molecule has 0 fully saturated rings. The summed E-state index contributed by atoms with van der Waals surface area (Å²) in [6.07, 6.45) is -0.425. The van der Waals surface area contributed by atoms with Crippen molar-refractivity contribution >= 4 is 28.3 Å². The monoisotopic (exact) mass is 203 g/mol. The number of carboxylic acid groups (broad SMARTS) is 1. The van der Waals surface area contributed by atoms with Gasteiger partial charge in [0.05, 0.1) is 6.42 Å². The van der Waals surface area contributed by atoms with Crippen molar-refractivity contribution in [3.63, 3.8) is 0 Å². The Balaban J connectivity index is 3.04. The van der Waals surface area contributed by atoms with Crippen molar-refractivity contribution in [2.75, 3.05) is 5.73 Å². The summed E-state index contributed by atoms with van der Waals surface area (Å²) in [5, 5.41) is 18.7. The van der Waals surface area contributed by atoms with Crippen LogP contribution in [0.1, 0.15) is 4.88 Å². The third kappa shape index (κ3) is 2.12. The van der Waals surface area contributed by atoms with Crippen LogP contribution in [0.15, 0.2) is 0 Å². The molecule has 1 rings (SSSR count). The number of anilines is 1. The molecule has 0 saturated heterocycles. The maximum Gasteiger partial charge on any atom is 0.380 e. The lowest BCUT2D eigenvalue weighted by Crippen LogP contribution is -2.01. The highest BCUT2D eigenvalue weighted by molar-refractivity contribution is 7.15. The zero-order valence-corrected chi connectivity index (χ0v) is 7.08. The zero-order chi connectivity index (χ0) is 10.0. The summed E-state index contributed by atoms with van der Waals surface area (Å²) in [4.78, 5) is 23.3. The number of aliphatic carboxylic acids is 1. The fourth-order valence-electron chi connectivity index (χ4n) is 0.757. The number of nitrogen functional groups attached to an aromatic ring is 1. The van der Waals surface area contributed by atoms with Gasteiger partial charge in [0.15, 0.2) is 0 Å². The zero-order valence-electron chi connectivity index (χ0n) is 6.26. The standard InChI is InChI=1S/C5H5N3O4S/c6-5-7-4(8(11)12)2(13-5)1-3(9)10/h1H2,(H2,6,7)(H,9,10). The maximum absolute atomic E-state index is 10.3. The SMILES string of the molecule is Nc1nc([N+](=O)[O-])c(CC(=O)O)s1. The number of carboxylic acids is 1. The smallest absolute Gasteiger partial charge is 0.380 e. The van der Waals surface area contributed by atoms with Gasteiger partial charge in [-0.25, -0.2) is 0 Å². The average molecular weight is 203 g/mol. The lowest BCUT2D eigenvalue weighted by atomic mass is 10.4. The van der Waals surface area contributed by atoms with E-state index in [0.717, 1.165) is 11.3 Å². The molecule has 0 aromatic carbocycles. The van der Waals surface area contributed by atoms with Crippen LogP contribution in [-0.2, 0) is 11.2 Å². The van der Waals surface area contributed by atoms with Gasteiger partial charge >= 0.3 is 11.8 Å². The van der Waals surface area contributed by atoms with Gasteiger partial charge in [-0.05, 0) is 9.91 Å². The topological polar surface area (TPSA) is 119 Å². The van der Waals surface area contributed by atoms with E-state index < -0.39 is 23.1 Å². The Morgan fingerprint density at radius 1 is 1.77 bits per heavy atom. The Labute approximate surface area is 76.0 Å². The van der Waals surface area contributed by atoms with Crippen molar-refractivity contribution in [1.29, 1.82) is 0 Å². The molecule has 0 bridgehead atoms. The first-order valence-corrected chi connectivity index (χ1v) is 3.93. The Bertz CT molecular complexity index is 361. The number of nitrogens with two attached hydrogens (primary N) is 1. The quantitative estimate of drug-likeness (QED) is 0.537. The van der Waals surface area contributed by atoms with Gasteiger partial charge in [0.25, 0.3) is 5.13 Å². The van der Waals surface area contributed by atoms with Crippen LogP contribution in [0.4, 0.5) is 10.9 Å². The Morgan fingerprint density at radius 3 is 2.85 bits per heavy atom. The molecule has 8 heteroatoms. The summed E-state index contributed by atoms with van der Waals surface area (Å²) in [6.45, 7) is 0. The van der Waals surface area contributed by atoms with Crippen LogP contribution in [0.25, 0.3) is 0 Å². The van der Waals surface area contributed by atoms with Crippen molar-refractivity contribution in [2.24, 2.45) is 0 Å². The van der Waals surface area contributed by atoms with Crippen LogP contribution in [0.2, 0.25) is 0 Å². The van der Waals surface area contributed by atoms with E-state index >= 15 is 0 Å². The van der Waals surface area contributed by atoms with Crippen LogP contribution in [-0.4, -0.2) is 21.0 Å². The number of carbonyl (C=O) groups is 1. The normalized spacial score (nSPS) is 9.85. The largest absolute Gasteiger partial charge is 0.481 e. The lowest BCUT2D eigenvalue weighted by Gasteiger charge is -1.90. The Kier molecular flexibility index (Phi) is 2.42. The lowest BCUT2D eigenvalue weighted by molar-refractivity contribution is -0.389. The molecule has 0 amide bonds. The van der Waals surface area contributed by atoms with Crippen molar-refractivity contribution in [3.05, 3.63) is 15.0 Å². The van der Waals surface area contributed by atoms with E-state index in [0.29, 0.717) is 0 Å². The highest BCUT2D eigenvalue weighted by atomic mass is 32.1. The summed E-state index contributed by atoms with van der Waals surface area (Å²) in [7, 11) is 0. The fraction of sp³-hybridized carbons (Fsp3) is 0.200. The second-order valence-corrected chi connectivity index (χ2v) is 3.24. The molecule has 0 saturated carbocycles. The molecule has 0 spiro atoms. The number of nitro groups is 1. The number of aromatic nitrogens is 1. The number of rotatable bonds is 3. The van der Waals surface area contributed by atoms with Crippen molar-refractivity contribution in [3.8, 4) is 0 Å². The van der Waals surface area contributed by atoms with Gasteiger partial charge in [0, 0.05) is 0 Å². The molecule has 7 nitrogen and oxygen atoms in total. The molecule has 70 valence electrons. The number of hydrogen-bond donors (Lipinski definition) is 2. The molecule has 3 N–H and O–H groups in total. The number of hydrogen-bond acceptors (Lipinski definition) is 6. The van der Waals surface area contributed by atoms with Gasteiger partial charge in [-0.2, -0.15) is 0 Å². The van der Waals surface area contributed by atoms with Crippen LogP contribution in [0.3, 0.4) is 0 Å². The van der Waals surface area contributed by atoms with Gasteiger partial charge in [-0.1, -0.05) is 11.3 Å². The number of thiazole rings is 1. The van der Waals surface area contributed by atoms with E-state index in [1.54, 1.807) is 0 Å². The second kappa shape index (κ2) is 3.35. The second-order valence-electron chi connectivity index (χ2n) is 2.13. The average Bonchev–Trinajstić information content (AvgIpc) is 2.29. The molecule has 1 aromatic rings. The van der Waals surface area contributed by atoms with Crippen LogP contribution in [0, 0.1) is 10.1 Å². The highest BCUT2D eigenvalue weighted by Gasteiger charge is 2.22. The fourth-order valence-corrected chi connectivity index (χ4v) is 1.55. The van der Waals surface area contributed by atoms with Gasteiger partial charge < -0.3 is 21.0 Å². The van der Waals surface area contributed by atoms with E-state index in [1.807, 2.05) is 0 Å². The van der Waals surface area contributed by atoms with Crippen LogP contribution in [0.5, 0.6) is 0 Å². The predicted molar refractivity (Wildman–Crippen MR) is 44.5 cm³/mol. The van der Waals surface area contributed by atoms with Crippen molar-refractivity contribution in [2.45, 2.75) is 6.42 Å². The predicted octanol–water partition coefficient (Wildman–Crippen LogP) is 0.261. The summed E-state index contributed by atoms with van der Waals surface area (Å²) in [5.41, 5.74) is 5.20. The minimum Gasteiger partial charge on any atom is -0.481 e. The first-order valence-electron chi connectivity index (χ1n) is 3.12. The van der Waals surface area contributed by atoms with E-state index in [9.17, 15) is 14.9 Å². The maximum atomic E-state index is 10.3. The summed E-state index contributed by atoms with van der Waals surface area (Å²) in [5.74, 6) is -1.61. The summed E-state index contributed by atoms with van der Waals surface area (Å²) in [6, 6.07) is 0. The molecule has 1 heterocycles. The molecular formula is C5H5N3O4S. The first kappa shape index (κ1) is 9.39. The first-order chi connectivity index (χ1) is 6.00. The molecular weight excluding hydrogens is 198 g/mol. The highest BCUT2D eigenvalue weighted by Crippen LogP contribution is 2.26. The molecule has 0 aliphatic carbocycles. The minimum absolute atomic E-state index is 0.00273. The Hall–Kier alpha value is -1.70. The molecule has 0 atom stereocenters. The molecule has 0 radical (unpaired) electrons. The molecule has 0 aliphatic heterocycles. The molecule has 1 aromatic heterocycles. The van der Waals surface area contributed by atoms with Crippen molar-refractivity contribution < 1.29 is 14.8 Å². The summed E-state index contributed by atoms with van der Waals surface area (Å²) >= 11 is 0.815. The van der Waals surface area contributed by atoms with Crippen LogP contribution >= 0.6 is 11.3 Å². The van der Waals surface area contributed by atoms with E-state index in [2.05, 4.69) is 4.98 Å². The summed E-state index contributed by atoms with van der Waals surface area (Å²) < 4.78 is 0. The molecule has 0 unspecified atom stereocenters.